The first-order valence-electron chi connectivity index (χ1n) is 12.5. The first-order chi connectivity index (χ1) is 17.6. The zero-order chi connectivity index (χ0) is 26.6. The van der Waals surface area contributed by atoms with Crippen molar-refractivity contribution in [2.45, 2.75) is 37.9 Å². The number of aromatic hydroxyl groups is 1. The van der Waals surface area contributed by atoms with Crippen LogP contribution in [0.2, 0.25) is 0 Å². The Kier molecular flexibility index (Phi) is 6.31. The molecule has 1 amide bonds. The average molecular weight is 510 g/mol. The van der Waals surface area contributed by atoms with Crippen molar-refractivity contribution in [2.24, 2.45) is 0 Å². The van der Waals surface area contributed by atoms with Crippen LogP contribution < -0.4 is 21.2 Å². The zero-order valence-electron chi connectivity index (χ0n) is 21.5. The van der Waals surface area contributed by atoms with Crippen molar-refractivity contribution in [3.05, 3.63) is 63.3 Å². The molecule has 1 saturated heterocycles. The van der Waals surface area contributed by atoms with E-state index >= 15 is 4.39 Å². The number of anilines is 1. The summed E-state index contributed by atoms with van der Waals surface area (Å²) in [5.74, 6) is -0.663. The van der Waals surface area contributed by atoms with E-state index in [4.69, 9.17) is 4.74 Å². The predicted molar refractivity (Wildman–Crippen MR) is 138 cm³/mol. The second kappa shape index (κ2) is 9.33. The molecule has 196 valence electrons. The fourth-order valence-electron chi connectivity index (χ4n) is 5.76. The van der Waals surface area contributed by atoms with Crippen molar-refractivity contribution in [1.82, 2.24) is 19.4 Å². The molecule has 1 aromatic carbocycles. The Morgan fingerprint density at radius 3 is 2.73 bits per heavy atom. The minimum atomic E-state index is -0.707. The molecular formula is C27H32FN5O4. The van der Waals surface area contributed by atoms with Gasteiger partial charge in [0.25, 0.3) is 0 Å². The number of aromatic nitrogens is 2. The van der Waals surface area contributed by atoms with Crippen LogP contribution in [0.25, 0.3) is 11.8 Å². The molecule has 1 aliphatic carbocycles. The predicted octanol–water partition coefficient (Wildman–Crippen LogP) is 0.519. The fourth-order valence-corrected chi connectivity index (χ4v) is 5.76. The van der Waals surface area contributed by atoms with Gasteiger partial charge in [-0.3, -0.25) is 9.36 Å². The van der Waals surface area contributed by atoms with Crippen molar-refractivity contribution < 1.29 is 19.0 Å². The van der Waals surface area contributed by atoms with Crippen molar-refractivity contribution >= 4 is 23.6 Å². The minimum Gasteiger partial charge on any atom is -0.508 e. The van der Waals surface area contributed by atoms with Gasteiger partial charge in [0.2, 0.25) is 5.91 Å². The summed E-state index contributed by atoms with van der Waals surface area (Å²) in [5, 5.41) is 11.8. The van der Waals surface area contributed by atoms with Crippen LogP contribution in [0.15, 0.2) is 35.6 Å². The van der Waals surface area contributed by atoms with Gasteiger partial charge in [0.1, 0.15) is 29.8 Å². The number of halogens is 1. The highest BCUT2D eigenvalue weighted by Crippen LogP contribution is 2.38. The van der Waals surface area contributed by atoms with E-state index < -0.39 is 17.4 Å². The largest absolute Gasteiger partial charge is 0.508 e. The zero-order valence-corrected chi connectivity index (χ0v) is 21.5. The van der Waals surface area contributed by atoms with E-state index in [1.165, 1.54) is 24.3 Å². The quantitative estimate of drug-likeness (QED) is 0.588. The highest BCUT2D eigenvalue weighted by atomic mass is 19.1. The maximum atomic E-state index is 15.0. The summed E-state index contributed by atoms with van der Waals surface area (Å²) in [6.07, 6.45) is 3.14. The van der Waals surface area contributed by atoms with Crippen molar-refractivity contribution in [3.8, 4) is 5.75 Å². The molecule has 2 aliphatic heterocycles. The number of carbonyl (C=O) groups is 1. The molecule has 3 heterocycles. The van der Waals surface area contributed by atoms with Gasteiger partial charge in [-0.1, -0.05) is 18.7 Å². The first kappa shape index (κ1) is 25.0. The number of phenols is 1. The van der Waals surface area contributed by atoms with E-state index in [1.54, 1.807) is 9.47 Å². The number of nitrogens with zero attached hydrogens (tertiary/aromatic N) is 5. The van der Waals surface area contributed by atoms with E-state index in [-0.39, 0.29) is 42.0 Å². The van der Waals surface area contributed by atoms with Gasteiger partial charge < -0.3 is 24.5 Å². The molecular weight excluding hydrogens is 477 g/mol. The molecule has 3 aliphatic rings. The lowest BCUT2D eigenvalue weighted by Gasteiger charge is -2.44. The summed E-state index contributed by atoms with van der Waals surface area (Å²) < 4.78 is 22.9. The van der Waals surface area contributed by atoms with Crippen LogP contribution in [-0.4, -0.2) is 82.8 Å². The van der Waals surface area contributed by atoms with Gasteiger partial charge in [-0.25, -0.2) is 9.18 Å². The van der Waals surface area contributed by atoms with Crippen LogP contribution >= 0.6 is 0 Å². The molecule has 0 spiro atoms. The number of rotatable bonds is 5. The lowest BCUT2D eigenvalue weighted by molar-refractivity contribution is -0.128. The van der Waals surface area contributed by atoms with E-state index in [9.17, 15) is 14.7 Å². The smallest absolute Gasteiger partial charge is 0.350 e. The van der Waals surface area contributed by atoms with Crippen LogP contribution in [0.5, 0.6) is 5.75 Å². The van der Waals surface area contributed by atoms with Crippen LogP contribution in [0.4, 0.5) is 10.2 Å². The first-order valence-corrected chi connectivity index (χ1v) is 12.5. The number of hydrogen-bond acceptors (Lipinski definition) is 7. The second-order valence-electron chi connectivity index (χ2n) is 10.3. The molecule has 9 nitrogen and oxygen atoms in total. The summed E-state index contributed by atoms with van der Waals surface area (Å²) in [6.45, 7) is 9.23. The maximum absolute atomic E-state index is 15.0. The van der Waals surface area contributed by atoms with E-state index in [1.807, 2.05) is 43.8 Å². The summed E-state index contributed by atoms with van der Waals surface area (Å²) in [4.78, 5) is 36.2. The van der Waals surface area contributed by atoms with E-state index in [0.717, 1.165) is 0 Å². The summed E-state index contributed by atoms with van der Waals surface area (Å²) in [6, 6.07) is 3.65. The third kappa shape index (κ3) is 4.09. The number of ether oxygens (including phenoxy) is 1. The second-order valence-corrected chi connectivity index (χ2v) is 10.3. The summed E-state index contributed by atoms with van der Waals surface area (Å²) >= 11 is 0. The molecule has 1 unspecified atom stereocenters. The van der Waals surface area contributed by atoms with Gasteiger partial charge in [-0.15, -0.1) is 0 Å². The van der Waals surface area contributed by atoms with E-state index in [0.29, 0.717) is 41.8 Å². The topological polar surface area (TPSA) is 91.1 Å². The molecule has 1 fully saturated rings. The number of hydrogen-bond donors (Lipinski definition) is 1. The fraction of sp³-hybridized carbons (Fsp3) is 0.444. The van der Waals surface area contributed by atoms with Gasteiger partial charge in [-0.05, 0) is 46.2 Å². The van der Waals surface area contributed by atoms with Gasteiger partial charge in [0.05, 0.1) is 17.3 Å². The monoisotopic (exact) mass is 509 g/mol. The van der Waals surface area contributed by atoms with Crippen LogP contribution in [0, 0.1) is 5.82 Å². The van der Waals surface area contributed by atoms with Crippen molar-refractivity contribution in [1.29, 1.82) is 0 Å². The van der Waals surface area contributed by atoms with Gasteiger partial charge in [0, 0.05) is 42.5 Å². The van der Waals surface area contributed by atoms with Crippen molar-refractivity contribution in [3.63, 3.8) is 0 Å². The third-order valence-corrected chi connectivity index (χ3v) is 7.42. The Morgan fingerprint density at radius 2 is 2.05 bits per heavy atom. The highest BCUT2D eigenvalue weighted by molar-refractivity contribution is 5.87. The highest BCUT2D eigenvalue weighted by Gasteiger charge is 2.38. The summed E-state index contributed by atoms with van der Waals surface area (Å²) in [5.41, 5.74) is -0.301. The number of carbonyl (C=O) groups excluding carboxylic acids is 1. The van der Waals surface area contributed by atoms with Crippen LogP contribution in [0.3, 0.4) is 0 Å². The molecule has 0 bridgehead atoms. The van der Waals surface area contributed by atoms with Gasteiger partial charge in [-0.2, -0.15) is 4.98 Å². The lowest BCUT2D eigenvalue weighted by atomic mass is 9.96. The number of likely N-dealkylation sites (N-methyl/N-ethyl adjacent to an activating group) is 1. The summed E-state index contributed by atoms with van der Waals surface area (Å²) in [7, 11) is 3.84. The molecule has 2 aromatic rings. The number of amides is 1. The van der Waals surface area contributed by atoms with E-state index in [2.05, 4.69) is 11.6 Å². The Bertz CT molecular complexity index is 1430. The molecule has 37 heavy (non-hydrogen) atoms. The number of piperazine rings is 1. The Hall–Kier alpha value is -3.66. The Labute approximate surface area is 214 Å². The van der Waals surface area contributed by atoms with Crippen LogP contribution in [-0.2, 0) is 9.53 Å². The molecule has 1 N–H and O–H groups in total. The standard InChI is InChI=1S/C27H32FN5O4/c1-6-22(35)31-11-16(3)32(12-15(31)2)26-19-10-18(23-20(28)8-7-9-21(23)34)25-24(19)33(27(36)29-26)17(14-37-25)13-30(4)5/h6-10,15-18,34H,1,11-14H2,2-5H3/t15-,16+,17+,18?/m1/s1. The maximum Gasteiger partial charge on any atom is 0.350 e. The molecule has 1 aromatic heterocycles. The van der Waals surface area contributed by atoms with Crippen LogP contribution in [0.1, 0.15) is 31.4 Å². The molecule has 5 rings (SSSR count). The SMILES string of the molecule is C=CC(=O)N1C[C@H](C)N(c2nc(=O)n3c4c2=CC(c2c(O)cccc2F)C=4OC[C@@H]3CN(C)C)C[C@H]1C. The Balaban J connectivity index is 1.71. The number of benzene rings is 1. The molecule has 10 heteroatoms. The molecule has 0 radical (unpaired) electrons. The van der Waals surface area contributed by atoms with Gasteiger partial charge >= 0.3 is 5.69 Å². The minimum absolute atomic E-state index is 0.104. The third-order valence-electron chi connectivity index (χ3n) is 7.42. The normalized spacial score (nSPS) is 24.5. The molecule has 0 saturated carbocycles. The molecule has 4 atom stereocenters. The Morgan fingerprint density at radius 1 is 1.30 bits per heavy atom. The van der Waals surface area contributed by atoms with Gasteiger partial charge in [0.15, 0.2) is 0 Å². The van der Waals surface area contributed by atoms with Crippen molar-refractivity contribution in [2.75, 3.05) is 45.2 Å². The number of phenolic OH excluding ortho intramolecular Hbond substituents is 1. The lowest BCUT2D eigenvalue weighted by Crippen LogP contribution is -2.61. The average Bonchev–Trinajstić information content (AvgIpc) is 3.22.